The molecular weight excluding hydrogens is 508 g/mol. The van der Waals surface area contributed by atoms with Crippen molar-refractivity contribution in [1.29, 1.82) is 0 Å². The van der Waals surface area contributed by atoms with Gasteiger partial charge in [0, 0.05) is 10.0 Å². The highest BCUT2D eigenvalue weighted by Crippen LogP contribution is 2.32. The van der Waals surface area contributed by atoms with E-state index in [0.717, 1.165) is 0 Å². The van der Waals surface area contributed by atoms with Crippen LogP contribution in [0.15, 0.2) is 79.3 Å². The third-order valence-corrected chi connectivity index (χ3v) is 4.74. The van der Waals surface area contributed by atoms with Gasteiger partial charge in [-0.2, -0.15) is 5.10 Å². The average molecular weight is 522 g/mol. The number of ether oxygens (including phenoxy) is 1. The summed E-state index contributed by atoms with van der Waals surface area (Å²) in [6.45, 7) is 0. The van der Waals surface area contributed by atoms with Crippen LogP contribution in [0.3, 0.4) is 0 Å². The molecule has 0 radical (unpaired) electrons. The minimum Gasteiger partial charge on any atom is -0.457 e. The number of esters is 1. The minimum absolute atomic E-state index is 0.0435. The first-order valence-electron chi connectivity index (χ1n) is 8.26. The fraction of sp³-hybridized carbons (Fsp3) is 0.0500. The standard InChI is InChI=1S/C20H14Br2N2O5/c21-14-9-13(11-23-24-19(26)17(25)12-5-2-1-3-6-12)18(15(22)10-14)29-20(27)16-7-4-8-28-16/h1-11,17,25H,(H,24,26)/b23-11+. The molecule has 1 atom stereocenters. The molecule has 1 unspecified atom stereocenters. The van der Waals surface area contributed by atoms with Gasteiger partial charge < -0.3 is 14.3 Å². The molecule has 29 heavy (non-hydrogen) atoms. The van der Waals surface area contributed by atoms with Crippen LogP contribution in [-0.4, -0.2) is 23.2 Å². The molecule has 2 aromatic carbocycles. The number of carbonyl (C=O) groups excluding carboxylic acids is 2. The molecule has 1 aromatic heterocycles. The second-order valence-corrected chi connectivity index (χ2v) is 7.49. The smallest absolute Gasteiger partial charge is 0.379 e. The highest BCUT2D eigenvalue weighted by Gasteiger charge is 2.18. The van der Waals surface area contributed by atoms with Gasteiger partial charge in [0.1, 0.15) is 0 Å². The maximum atomic E-state index is 12.2. The zero-order valence-electron chi connectivity index (χ0n) is 14.7. The van der Waals surface area contributed by atoms with Gasteiger partial charge in [0.15, 0.2) is 11.9 Å². The number of hydrazone groups is 1. The third-order valence-electron chi connectivity index (χ3n) is 3.70. The number of amides is 1. The summed E-state index contributed by atoms with van der Waals surface area (Å²) in [6, 6.07) is 14.9. The maximum Gasteiger partial charge on any atom is 0.379 e. The Bertz CT molecular complexity index is 1040. The number of hydrogen-bond donors (Lipinski definition) is 2. The highest BCUT2D eigenvalue weighted by molar-refractivity contribution is 9.11. The van der Waals surface area contributed by atoms with Crippen LogP contribution < -0.4 is 10.2 Å². The van der Waals surface area contributed by atoms with E-state index in [1.165, 1.54) is 18.5 Å². The number of benzene rings is 2. The zero-order chi connectivity index (χ0) is 20.8. The third kappa shape index (κ3) is 5.41. The first kappa shape index (κ1) is 21.0. The molecule has 0 fully saturated rings. The van der Waals surface area contributed by atoms with Crippen molar-refractivity contribution >= 4 is 50.0 Å². The molecule has 1 heterocycles. The fourth-order valence-corrected chi connectivity index (χ4v) is 3.67. The quantitative estimate of drug-likeness (QED) is 0.219. The SMILES string of the molecule is O=C(Oc1c(Br)cc(Br)cc1/C=N/NC(=O)C(O)c1ccccc1)c1ccco1. The second-order valence-electron chi connectivity index (χ2n) is 5.72. The molecule has 7 nitrogen and oxygen atoms in total. The number of carbonyl (C=O) groups is 2. The van der Waals surface area contributed by atoms with Crippen LogP contribution >= 0.6 is 31.9 Å². The summed E-state index contributed by atoms with van der Waals surface area (Å²) in [5, 5.41) is 13.9. The van der Waals surface area contributed by atoms with E-state index in [4.69, 9.17) is 9.15 Å². The number of hydrogen-bond acceptors (Lipinski definition) is 6. The number of furan rings is 1. The molecule has 3 rings (SSSR count). The lowest BCUT2D eigenvalue weighted by Crippen LogP contribution is -2.25. The van der Waals surface area contributed by atoms with E-state index < -0.39 is 18.0 Å². The average Bonchev–Trinajstić information content (AvgIpc) is 3.25. The Morgan fingerprint density at radius 1 is 1.14 bits per heavy atom. The van der Waals surface area contributed by atoms with Crippen molar-refractivity contribution in [1.82, 2.24) is 5.43 Å². The van der Waals surface area contributed by atoms with Crippen LogP contribution in [0.5, 0.6) is 5.75 Å². The Morgan fingerprint density at radius 3 is 2.59 bits per heavy atom. The molecule has 0 aliphatic heterocycles. The molecule has 0 bridgehead atoms. The number of rotatable bonds is 6. The number of aliphatic hydroxyl groups excluding tert-OH is 1. The summed E-state index contributed by atoms with van der Waals surface area (Å²) < 4.78 is 11.6. The van der Waals surface area contributed by atoms with Crippen molar-refractivity contribution in [3.05, 3.63) is 86.7 Å². The van der Waals surface area contributed by atoms with Gasteiger partial charge in [0.05, 0.1) is 17.0 Å². The van der Waals surface area contributed by atoms with Gasteiger partial charge in [-0.05, 0) is 45.8 Å². The lowest BCUT2D eigenvalue weighted by molar-refractivity contribution is -0.129. The van der Waals surface area contributed by atoms with Gasteiger partial charge in [0.2, 0.25) is 5.76 Å². The normalized spacial score (nSPS) is 12.0. The summed E-state index contributed by atoms with van der Waals surface area (Å²) in [5.74, 6) is -1.15. The highest BCUT2D eigenvalue weighted by atomic mass is 79.9. The Balaban J connectivity index is 1.75. The first-order valence-corrected chi connectivity index (χ1v) is 9.85. The minimum atomic E-state index is -1.36. The van der Waals surface area contributed by atoms with E-state index in [-0.39, 0.29) is 11.5 Å². The van der Waals surface area contributed by atoms with Gasteiger partial charge >= 0.3 is 5.97 Å². The Hall–Kier alpha value is -2.75. The monoisotopic (exact) mass is 520 g/mol. The predicted octanol–water partition coefficient (Wildman–Crippen LogP) is 4.21. The molecule has 0 saturated carbocycles. The van der Waals surface area contributed by atoms with Crippen LogP contribution in [-0.2, 0) is 4.79 Å². The predicted molar refractivity (Wildman–Crippen MR) is 113 cm³/mol. The molecule has 1 amide bonds. The van der Waals surface area contributed by atoms with Gasteiger partial charge in [-0.3, -0.25) is 4.79 Å². The van der Waals surface area contributed by atoms with Crippen LogP contribution in [0, 0.1) is 0 Å². The summed E-state index contributed by atoms with van der Waals surface area (Å²) in [6.07, 6.45) is 1.30. The number of nitrogens with one attached hydrogen (secondary N) is 1. The Labute approximate surface area is 182 Å². The molecule has 2 N–H and O–H groups in total. The van der Waals surface area contributed by atoms with E-state index >= 15 is 0 Å². The van der Waals surface area contributed by atoms with E-state index in [2.05, 4.69) is 42.4 Å². The molecule has 9 heteroatoms. The first-order chi connectivity index (χ1) is 14.0. The van der Waals surface area contributed by atoms with Gasteiger partial charge in [0.25, 0.3) is 5.91 Å². The van der Waals surface area contributed by atoms with Crippen molar-refractivity contribution in [2.24, 2.45) is 5.10 Å². The summed E-state index contributed by atoms with van der Waals surface area (Å²) in [5.41, 5.74) is 3.11. The Kier molecular flexibility index (Phi) is 6.97. The molecule has 3 aromatic rings. The number of halogens is 2. The van der Waals surface area contributed by atoms with Crippen molar-refractivity contribution in [2.45, 2.75) is 6.10 Å². The fourth-order valence-electron chi connectivity index (χ4n) is 2.33. The lowest BCUT2D eigenvalue weighted by Gasteiger charge is -2.10. The maximum absolute atomic E-state index is 12.2. The number of nitrogens with zero attached hydrogens (tertiary/aromatic N) is 1. The van der Waals surface area contributed by atoms with Gasteiger partial charge in [-0.1, -0.05) is 46.3 Å². The molecule has 0 spiro atoms. The summed E-state index contributed by atoms with van der Waals surface area (Å²) in [4.78, 5) is 24.3. The number of aliphatic hydroxyl groups is 1. The van der Waals surface area contributed by atoms with Crippen molar-refractivity contribution in [3.8, 4) is 5.75 Å². The molecule has 0 aliphatic rings. The summed E-state index contributed by atoms with van der Waals surface area (Å²) in [7, 11) is 0. The van der Waals surface area contributed by atoms with Gasteiger partial charge in [-0.15, -0.1) is 0 Å². The second kappa shape index (κ2) is 9.64. The van der Waals surface area contributed by atoms with Crippen molar-refractivity contribution in [3.63, 3.8) is 0 Å². The molecule has 0 aliphatic carbocycles. The van der Waals surface area contributed by atoms with Crippen LogP contribution in [0.1, 0.15) is 27.8 Å². The van der Waals surface area contributed by atoms with Crippen LogP contribution in [0.2, 0.25) is 0 Å². The lowest BCUT2D eigenvalue weighted by atomic mass is 10.1. The molecule has 0 saturated heterocycles. The van der Waals surface area contributed by atoms with Crippen LogP contribution in [0.25, 0.3) is 0 Å². The van der Waals surface area contributed by atoms with Crippen molar-refractivity contribution in [2.75, 3.05) is 0 Å². The van der Waals surface area contributed by atoms with E-state index in [0.29, 0.717) is 20.1 Å². The Morgan fingerprint density at radius 2 is 1.90 bits per heavy atom. The van der Waals surface area contributed by atoms with E-state index in [1.807, 2.05) is 0 Å². The summed E-state index contributed by atoms with van der Waals surface area (Å²) >= 11 is 6.69. The van der Waals surface area contributed by atoms with Crippen molar-refractivity contribution < 1.29 is 23.8 Å². The van der Waals surface area contributed by atoms with Crippen LogP contribution in [0.4, 0.5) is 0 Å². The van der Waals surface area contributed by atoms with E-state index in [9.17, 15) is 14.7 Å². The largest absolute Gasteiger partial charge is 0.457 e. The zero-order valence-corrected chi connectivity index (χ0v) is 17.9. The van der Waals surface area contributed by atoms with Gasteiger partial charge in [-0.25, -0.2) is 10.2 Å². The molecular formula is C20H14Br2N2O5. The van der Waals surface area contributed by atoms with E-state index in [1.54, 1.807) is 48.5 Å². The molecule has 148 valence electrons. The topological polar surface area (TPSA) is 101 Å².